The van der Waals surface area contributed by atoms with Crippen LogP contribution in [-0.4, -0.2) is 36.4 Å². The van der Waals surface area contributed by atoms with Crippen LogP contribution in [0.2, 0.25) is 0 Å². The Kier molecular flexibility index (Phi) is 58.9. The summed E-state index contributed by atoms with van der Waals surface area (Å²) in [6, 6.07) is 0. The molecule has 0 fully saturated rings. The van der Waals surface area contributed by atoms with Crippen LogP contribution >= 0.6 is 0 Å². The number of carbonyl (C=O) groups is 2. The predicted octanol–water partition coefficient (Wildman–Crippen LogP) is 20.9. The summed E-state index contributed by atoms with van der Waals surface area (Å²) in [6.45, 7) is 4.01. The third kappa shape index (κ3) is 59.1. The lowest BCUT2D eigenvalue weighted by Gasteiger charge is -2.15. The molecule has 1 unspecified atom stereocenters. The first-order valence-electron chi connectivity index (χ1n) is 30.4. The van der Waals surface area contributed by atoms with Gasteiger partial charge in [-0.2, -0.15) is 0 Å². The normalized spacial score (nSPS) is 13.0. The Bertz CT molecular complexity index is 1410. The van der Waals surface area contributed by atoms with Crippen molar-refractivity contribution in [1.82, 2.24) is 0 Å². The van der Waals surface area contributed by atoms with Crippen molar-refractivity contribution >= 4 is 11.9 Å². The maximum atomic E-state index is 12.3. The van der Waals surface area contributed by atoms with E-state index in [1.165, 1.54) is 167 Å². The van der Waals surface area contributed by atoms with Crippen molar-refractivity contribution < 1.29 is 24.2 Å². The van der Waals surface area contributed by atoms with E-state index >= 15 is 0 Å². The summed E-state index contributed by atoms with van der Waals surface area (Å²) in [4.78, 5) is 24.5. The van der Waals surface area contributed by atoms with Crippen LogP contribution < -0.4 is 0 Å². The summed E-state index contributed by atoms with van der Waals surface area (Å²) in [7, 11) is 0. The van der Waals surface area contributed by atoms with Crippen molar-refractivity contribution in [3.63, 3.8) is 0 Å². The Labute approximate surface area is 446 Å². The molecule has 0 aromatic carbocycles. The SMILES string of the molecule is CC/C=C\C/C=C\C/C=C\C/C=C\C/C=C\C/C=C\C/C=C\C/C=C\C/C=C\CCCC(=O)OC(CO)COC(=O)CCCCCCCCCCCCCCCCCCCCCCCCCCCCCCC. The Morgan fingerprint density at radius 1 is 0.333 bits per heavy atom. The molecule has 0 bridgehead atoms. The molecule has 0 rings (SSSR count). The molecule has 5 nitrogen and oxygen atoms in total. The van der Waals surface area contributed by atoms with Crippen LogP contribution in [0.25, 0.3) is 0 Å². The molecule has 1 N–H and O–H groups in total. The monoisotopic (exact) mass is 999 g/mol. The van der Waals surface area contributed by atoms with Gasteiger partial charge in [0.15, 0.2) is 6.10 Å². The molecule has 0 aliphatic rings. The zero-order valence-corrected chi connectivity index (χ0v) is 47.2. The first-order valence-corrected chi connectivity index (χ1v) is 30.4. The van der Waals surface area contributed by atoms with Crippen LogP contribution in [0.5, 0.6) is 0 Å². The van der Waals surface area contributed by atoms with Crippen molar-refractivity contribution in [2.45, 2.75) is 290 Å². The Hall–Kier alpha value is -3.44. The molecular weight excluding hydrogens is 885 g/mol. The Balaban J connectivity index is 3.58. The van der Waals surface area contributed by atoms with E-state index in [1.807, 2.05) is 0 Å². The molecule has 0 spiro atoms. The smallest absolute Gasteiger partial charge is 0.306 e. The van der Waals surface area contributed by atoms with Crippen molar-refractivity contribution in [1.29, 1.82) is 0 Å². The predicted molar refractivity (Wildman–Crippen MR) is 315 cm³/mol. The molecule has 412 valence electrons. The summed E-state index contributed by atoms with van der Waals surface area (Å²) in [5.74, 6) is -0.657. The van der Waals surface area contributed by atoms with Crippen molar-refractivity contribution in [2.75, 3.05) is 13.2 Å². The number of carbonyl (C=O) groups excluding carboxylic acids is 2. The molecule has 0 aliphatic carbocycles. The highest BCUT2D eigenvalue weighted by Gasteiger charge is 2.16. The van der Waals surface area contributed by atoms with Gasteiger partial charge in [-0.15, -0.1) is 0 Å². The highest BCUT2D eigenvalue weighted by molar-refractivity contribution is 5.70. The summed E-state index contributed by atoms with van der Waals surface area (Å²) >= 11 is 0. The third-order valence-electron chi connectivity index (χ3n) is 13.1. The van der Waals surface area contributed by atoms with E-state index in [0.29, 0.717) is 12.8 Å². The lowest BCUT2D eigenvalue weighted by molar-refractivity contribution is -0.161. The highest BCUT2D eigenvalue weighted by Crippen LogP contribution is 2.17. The van der Waals surface area contributed by atoms with Gasteiger partial charge in [-0.05, 0) is 77.0 Å². The van der Waals surface area contributed by atoms with Crippen molar-refractivity contribution in [3.05, 3.63) is 109 Å². The van der Waals surface area contributed by atoms with E-state index in [-0.39, 0.29) is 31.6 Å². The largest absolute Gasteiger partial charge is 0.462 e. The summed E-state index contributed by atoms with van der Waals surface area (Å²) in [5, 5.41) is 9.66. The zero-order valence-electron chi connectivity index (χ0n) is 47.2. The maximum absolute atomic E-state index is 12.3. The van der Waals surface area contributed by atoms with E-state index in [9.17, 15) is 14.7 Å². The fourth-order valence-corrected chi connectivity index (χ4v) is 8.56. The number of rotatable bonds is 55. The van der Waals surface area contributed by atoms with Gasteiger partial charge < -0.3 is 14.6 Å². The molecule has 0 aliphatic heterocycles. The average Bonchev–Trinajstić information content (AvgIpc) is 3.38. The number of hydrogen-bond donors (Lipinski definition) is 1. The molecule has 0 amide bonds. The van der Waals surface area contributed by atoms with Gasteiger partial charge >= 0.3 is 11.9 Å². The fourth-order valence-electron chi connectivity index (χ4n) is 8.56. The van der Waals surface area contributed by atoms with Gasteiger partial charge in [0.1, 0.15) is 6.61 Å². The number of aliphatic hydroxyl groups is 1. The standard InChI is InChI=1S/C67H114O5/c1-3-5-7-9-11-13-15-17-19-21-23-25-27-29-31-33-35-37-39-41-43-45-47-49-51-53-55-57-59-61-66(69)71-64-65(63-68)72-67(70)62-60-58-56-54-52-50-48-46-44-42-40-38-36-34-32-30-28-26-24-22-20-18-16-14-12-10-8-6-4-2/h6,8,12,14,18,20,24,26,30,32,36,38,42,44,48,50,54,56,65,68H,3-5,7,9-11,13,15-17,19,21-23,25,27-29,31,33-35,37,39-41,43,45-47,49,51-53,55,57-64H2,1-2H3/b8-6-,14-12-,20-18-,26-24-,32-30-,38-36-,44-42-,50-48-,56-54-. The van der Waals surface area contributed by atoms with Crippen molar-refractivity contribution in [2.24, 2.45) is 0 Å². The number of hydrogen-bond acceptors (Lipinski definition) is 5. The van der Waals surface area contributed by atoms with E-state index < -0.39 is 6.10 Å². The van der Waals surface area contributed by atoms with Crippen LogP contribution in [-0.2, 0) is 19.1 Å². The van der Waals surface area contributed by atoms with E-state index in [2.05, 4.69) is 123 Å². The first-order chi connectivity index (χ1) is 35.6. The van der Waals surface area contributed by atoms with Gasteiger partial charge in [-0.3, -0.25) is 9.59 Å². The molecule has 5 heteroatoms. The van der Waals surface area contributed by atoms with Gasteiger partial charge in [-0.25, -0.2) is 0 Å². The van der Waals surface area contributed by atoms with Crippen LogP contribution in [0.15, 0.2) is 109 Å². The van der Waals surface area contributed by atoms with Gasteiger partial charge in [0.2, 0.25) is 0 Å². The second-order valence-corrected chi connectivity index (χ2v) is 20.1. The lowest BCUT2D eigenvalue weighted by Crippen LogP contribution is -2.28. The Morgan fingerprint density at radius 3 is 0.889 bits per heavy atom. The molecule has 0 aromatic heterocycles. The zero-order chi connectivity index (χ0) is 52.0. The molecule has 1 atom stereocenters. The summed E-state index contributed by atoms with van der Waals surface area (Å²) in [6.07, 6.45) is 89.4. The molecule has 0 aromatic rings. The summed E-state index contributed by atoms with van der Waals surface area (Å²) in [5.41, 5.74) is 0. The van der Waals surface area contributed by atoms with Crippen LogP contribution in [0.1, 0.15) is 284 Å². The molecule has 0 radical (unpaired) electrons. The number of esters is 2. The minimum absolute atomic E-state index is 0.0927. The highest BCUT2D eigenvalue weighted by atomic mass is 16.6. The van der Waals surface area contributed by atoms with Crippen molar-refractivity contribution in [3.8, 4) is 0 Å². The lowest BCUT2D eigenvalue weighted by atomic mass is 10.0. The molecule has 0 heterocycles. The van der Waals surface area contributed by atoms with E-state index in [1.54, 1.807) is 0 Å². The minimum Gasteiger partial charge on any atom is -0.462 e. The maximum Gasteiger partial charge on any atom is 0.306 e. The van der Waals surface area contributed by atoms with Gasteiger partial charge in [0.25, 0.3) is 0 Å². The summed E-state index contributed by atoms with van der Waals surface area (Å²) < 4.78 is 10.7. The topological polar surface area (TPSA) is 72.8 Å². The molecule has 72 heavy (non-hydrogen) atoms. The Morgan fingerprint density at radius 2 is 0.597 bits per heavy atom. The minimum atomic E-state index is -0.810. The van der Waals surface area contributed by atoms with Crippen LogP contribution in [0, 0.1) is 0 Å². The van der Waals surface area contributed by atoms with Gasteiger partial charge in [0, 0.05) is 12.8 Å². The van der Waals surface area contributed by atoms with E-state index in [0.717, 1.165) is 83.5 Å². The van der Waals surface area contributed by atoms with Gasteiger partial charge in [-0.1, -0.05) is 303 Å². The second-order valence-electron chi connectivity index (χ2n) is 20.1. The van der Waals surface area contributed by atoms with Crippen LogP contribution in [0.3, 0.4) is 0 Å². The number of unbranched alkanes of at least 4 members (excludes halogenated alkanes) is 29. The molecule has 0 saturated carbocycles. The average molecular weight is 1000 g/mol. The molecular formula is C67H114O5. The quantitative estimate of drug-likeness (QED) is 0.0373. The first kappa shape index (κ1) is 68.6. The number of aliphatic hydroxyl groups excluding tert-OH is 1. The molecule has 0 saturated heterocycles. The van der Waals surface area contributed by atoms with Crippen LogP contribution in [0.4, 0.5) is 0 Å². The van der Waals surface area contributed by atoms with Gasteiger partial charge in [0.05, 0.1) is 6.61 Å². The number of ether oxygens (including phenoxy) is 2. The third-order valence-corrected chi connectivity index (χ3v) is 13.1. The second kappa shape index (κ2) is 61.9. The fraction of sp³-hybridized carbons (Fsp3) is 0.701. The number of allylic oxidation sites excluding steroid dienone is 18. The van der Waals surface area contributed by atoms with E-state index in [4.69, 9.17) is 9.47 Å².